The molecule has 0 unspecified atom stereocenters. The van der Waals surface area contributed by atoms with Crippen LogP contribution in [0.4, 0.5) is 5.95 Å². The van der Waals surface area contributed by atoms with Gasteiger partial charge in [-0.15, -0.1) is 10.2 Å². The summed E-state index contributed by atoms with van der Waals surface area (Å²) in [6.45, 7) is 1.64. The van der Waals surface area contributed by atoms with Crippen LogP contribution in [0.1, 0.15) is 19.3 Å². The van der Waals surface area contributed by atoms with Crippen molar-refractivity contribution in [3.05, 3.63) is 24.3 Å². The molecular formula is C13H17N5. The number of para-hydroxylation sites is 1. The van der Waals surface area contributed by atoms with E-state index in [0.29, 0.717) is 11.4 Å². The van der Waals surface area contributed by atoms with E-state index in [1.54, 1.807) is 0 Å². The fourth-order valence-corrected chi connectivity index (χ4v) is 2.22. The van der Waals surface area contributed by atoms with Gasteiger partial charge in [0.2, 0.25) is 5.95 Å². The van der Waals surface area contributed by atoms with Crippen molar-refractivity contribution in [2.75, 3.05) is 18.4 Å². The van der Waals surface area contributed by atoms with E-state index >= 15 is 0 Å². The van der Waals surface area contributed by atoms with E-state index in [0.717, 1.165) is 30.5 Å². The molecule has 0 spiro atoms. The van der Waals surface area contributed by atoms with Crippen LogP contribution in [0.3, 0.4) is 0 Å². The monoisotopic (exact) mass is 243 g/mol. The van der Waals surface area contributed by atoms with Crippen LogP contribution in [0.2, 0.25) is 0 Å². The molecule has 2 aromatic rings. The molecule has 0 saturated heterocycles. The Kier molecular flexibility index (Phi) is 2.83. The Balaban J connectivity index is 1.71. The van der Waals surface area contributed by atoms with Gasteiger partial charge in [0, 0.05) is 6.54 Å². The van der Waals surface area contributed by atoms with Crippen molar-refractivity contribution in [1.82, 2.24) is 15.2 Å². The average Bonchev–Trinajstić information content (AvgIpc) is 3.17. The molecule has 5 nitrogen and oxygen atoms in total. The molecule has 1 fully saturated rings. The molecule has 1 aliphatic carbocycles. The highest BCUT2D eigenvalue weighted by atomic mass is 15.2. The molecule has 3 rings (SSSR count). The van der Waals surface area contributed by atoms with E-state index in [2.05, 4.69) is 20.5 Å². The number of fused-ring (bicyclic) bond motifs is 1. The largest absolute Gasteiger partial charge is 0.352 e. The maximum absolute atomic E-state index is 5.63. The Morgan fingerprint density at radius 3 is 2.67 bits per heavy atom. The van der Waals surface area contributed by atoms with Gasteiger partial charge in [-0.2, -0.15) is 0 Å². The highest BCUT2D eigenvalue weighted by Crippen LogP contribution is 2.48. The second-order valence-electron chi connectivity index (χ2n) is 5.02. The minimum Gasteiger partial charge on any atom is -0.352 e. The first-order valence-electron chi connectivity index (χ1n) is 6.35. The number of nitrogens with two attached hydrogens (primary N) is 1. The van der Waals surface area contributed by atoms with Crippen LogP contribution in [0.5, 0.6) is 0 Å². The zero-order valence-corrected chi connectivity index (χ0v) is 10.3. The first-order valence-corrected chi connectivity index (χ1v) is 6.35. The van der Waals surface area contributed by atoms with Gasteiger partial charge in [0.1, 0.15) is 5.52 Å². The SMILES string of the molecule is NCCC1(CNc2nnc3ccccc3n2)CC1. The molecular weight excluding hydrogens is 226 g/mol. The number of anilines is 1. The molecule has 0 amide bonds. The van der Waals surface area contributed by atoms with Crippen LogP contribution in [0.15, 0.2) is 24.3 Å². The number of nitrogens with one attached hydrogen (secondary N) is 1. The van der Waals surface area contributed by atoms with Crippen molar-refractivity contribution in [1.29, 1.82) is 0 Å². The van der Waals surface area contributed by atoms with Crippen LogP contribution in [0.25, 0.3) is 11.0 Å². The van der Waals surface area contributed by atoms with Crippen LogP contribution in [-0.2, 0) is 0 Å². The topological polar surface area (TPSA) is 76.7 Å². The predicted octanol–water partition coefficient (Wildman–Crippen LogP) is 1.57. The first-order chi connectivity index (χ1) is 8.81. The normalized spacial score (nSPS) is 16.7. The number of nitrogens with zero attached hydrogens (tertiary/aromatic N) is 3. The van der Waals surface area contributed by atoms with Crippen LogP contribution in [-0.4, -0.2) is 28.3 Å². The van der Waals surface area contributed by atoms with Gasteiger partial charge in [0.15, 0.2) is 0 Å². The Bertz CT molecular complexity index is 550. The van der Waals surface area contributed by atoms with Crippen LogP contribution < -0.4 is 11.1 Å². The lowest BCUT2D eigenvalue weighted by Gasteiger charge is -2.14. The Hall–Kier alpha value is -1.75. The summed E-state index contributed by atoms with van der Waals surface area (Å²) < 4.78 is 0. The molecule has 3 N–H and O–H groups in total. The third kappa shape index (κ3) is 2.26. The van der Waals surface area contributed by atoms with E-state index in [4.69, 9.17) is 5.73 Å². The van der Waals surface area contributed by atoms with Crippen molar-refractivity contribution in [3.8, 4) is 0 Å². The minimum atomic E-state index is 0.379. The average molecular weight is 243 g/mol. The van der Waals surface area contributed by atoms with Gasteiger partial charge in [-0.05, 0) is 43.4 Å². The smallest absolute Gasteiger partial charge is 0.243 e. The number of aromatic nitrogens is 3. The summed E-state index contributed by atoms with van der Waals surface area (Å²) in [5.41, 5.74) is 7.70. The highest BCUT2D eigenvalue weighted by Gasteiger charge is 2.41. The Morgan fingerprint density at radius 2 is 1.94 bits per heavy atom. The summed E-state index contributed by atoms with van der Waals surface area (Å²) in [7, 11) is 0. The summed E-state index contributed by atoms with van der Waals surface area (Å²) in [5, 5.41) is 11.5. The van der Waals surface area contributed by atoms with Crippen LogP contribution in [0, 0.1) is 5.41 Å². The van der Waals surface area contributed by atoms with E-state index in [-0.39, 0.29) is 0 Å². The molecule has 1 aromatic carbocycles. The summed E-state index contributed by atoms with van der Waals surface area (Å²) in [5.74, 6) is 0.608. The maximum Gasteiger partial charge on any atom is 0.243 e. The number of rotatable bonds is 5. The molecule has 0 aliphatic heterocycles. The quantitative estimate of drug-likeness (QED) is 0.833. The van der Waals surface area contributed by atoms with Crippen molar-refractivity contribution in [2.24, 2.45) is 11.1 Å². The molecule has 18 heavy (non-hydrogen) atoms. The standard InChI is InChI=1S/C13H17N5/c14-8-7-13(5-6-13)9-15-12-16-10-3-1-2-4-11(10)17-18-12/h1-4H,5-9,14H2,(H,15,16,18). The summed E-state index contributed by atoms with van der Waals surface area (Å²) in [6, 6.07) is 7.75. The van der Waals surface area contributed by atoms with E-state index in [9.17, 15) is 0 Å². The number of hydrogen-bond donors (Lipinski definition) is 2. The predicted molar refractivity (Wildman–Crippen MR) is 71.2 cm³/mol. The molecule has 1 aliphatic rings. The molecule has 0 atom stereocenters. The van der Waals surface area contributed by atoms with Gasteiger partial charge in [0.25, 0.3) is 0 Å². The van der Waals surface area contributed by atoms with Crippen molar-refractivity contribution >= 4 is 17.0 Å². The van der Waals surface area contributed by atoms with Crippen molar-refractivity contribution in [3.63, 3.8) is 0 Å². The molecule has 1 heterocycles. The minimum absolute atomic E-state index is 0.379. The van der Waals surface area contributed by atoms with Gasteiger partial charge in [-0.1, -0.05) is 12.1 Å². The van der Waals surface area contributed by atoms with Crippen molar-refractivity contribution in [2.45, 2.75) is 19.3 Å². The molecule has 1 saturated carbocycles. The molecule has 0 bridgehead atoms. The number of benzene rings is 1. The second kappa shape index (κ2) is 4.49. The summed E-state index contributed by atoms with van der Waals surface area (Å²) in [6.07, 6.45) is 3.57. The lowest BCUT2D eigenvalue weighted by Crippen LogP contribution is -2.20. The lowest BCUT2D eigenvalue weighted by atomic mass is 10.0. The van der Waals surface area contributed by atoms with Gasteiger partial charge >= 0.3 is 0 Å². The fourth-order valence-electron chi connectivity index (χ4n) is 2.22. The van der Waals surface area contributed by atoms with E-state index in [1.165, 1.54) is 12.8 Å². The molecule has 1 aromatic heterocycles. The zero-order valence-electron chi connectivity index (χ0n) is 10.3. The second-order valence-corrected chi connectivity index (χ2v) is 5.02. The Labute approximate surface area is 106 Å². The molecule has 0 radical (unpaired) electrons. The first kappa shape index (κ1) is 11.3. The van der Waals surface area contributed by atoms with Gasteiger partial charge in [-0.25, -0.2) is 4.98 Å². The Morgan fingerprint density at radius 1 is 1.17 bits per heavy atom. The number of hydrogen-bond acceptors (Lipinski definition) is 5. The maximum atomic E-state index is 5.63. The van der Waals surface area contributed by atoms with Crippen molar-refractivity contribution < 1.29 is 0 Å². The fraction of sp³-hybridized carbons (Fsp3) is 0.462. The third-order valence-electron chi connectivity index (χ3n) is 3.61. The van der Waals surface area contributed by atoms with Gasteiger partial charge < -0.3 is 11.1 Å². The zero-order chi connectivity index (χ0) is 12.4. The third-order valence-corrected chi connectivity index (χ3v) is 3.61. The lowest BCUT2D eigenvalue weighted by molar-refractivity contribution is 0.499. The van der Waals surface area contributed by atoms with Gasteiger partial charge in [0.05, 0.1) is 5.52 Å². The van der Waals surface area contributed by atoms with E-state index in [1.807, 2.05) is 24.3 Å². The van der Waals surface area contributed by atoms with Crippen LogP contribution >= 0.6 is 0 Å². The molecule has 5 heteroatoms. The van der Waals surface area contributed by atoms with Gasteiger partial charge in [-0.3, -0.25) is 0 Å². The molecule has 94 valence electrons. The summed E-state index contributed by atoms with van der Waals surface area (Å²) >= 11 is 0. The van der Waals surface area contributed by atoms with E-state index < -0.39 is 0 Å². The summed E-state index contributed by atoms with van der Waals surface area (Å²) in [4.78, 5) is 4.45. The highest BCUT2D eigenvalue weighted by molar-refractivity contribution is 5.74.